The molecule has 0 fully saturated rings. The first-order valence-electron chi connectivity index (χ1n) is 8.94. The Morgan fingerprint density at radius 1 is 1.03 bits per heavy atom. The standard InChI is InChI=1S/C20H20F2N4O2S/c1-12(2)18(28)24-14-9-7-13(8-10-14)23-17(27)11-26-16-6-4-3-5-15(16)25-20(26)29-19(21)22/h3-10,12,19H,11H2,1-2H3,(H,23,27)(H,24,28). The van der Waals surface area contributed by atoms with Gasteiger partial charge in [-0.1, -0.05) is 26.0 Å². The Bertz CT molecular complexity index is 1020. The molecule has 0 aliphatic carbocycles. The van der Waals surface area contributed by atoms with Crippen LogP contribution in [0.25, 0.3) is 11.0 Å². The molecule has 2 N–H and O–H groups in total. The molecule has 0 saturated heterocycles. The fourth-order valence-corrected chi connectivity index (χ4v) is 3.24. The fraction of sp³-hybridized carbons (Fsp3) is 0.250. The second kappa shape index (κ2) is 9.04. The summed E-state index contributed by atoms with van der Waals surface area (Å²) < 4.78 is 27.2. The number of anilines is 2. The number of carbonyl (C=O) groups excluding carboxylic acids is 2. The summed E-state index contributed by atoms with van der Waals surface area (Å²) in [7, 11) is 0. The number of fused-ring (bicyclic) bond motifs is 1. The molecule has 1 aromatic heterocycles. The third-order valence-electron chi connectivity index (χ3n) is 4.08. The first-order valence-corrected chi connectivity index (χ1v) is 9.82. The van der Waals surface area contributed by atoms with Crippen LogP contribution >= 0.6 is 11.8 Å². The molecule has 0 radical (unpaired) electrons. The van der Waals surface area contributed by atoms with Crippen molar-refractivity contribution in [3.05, 3.63) is 48.5 Å². The monoisotopic (exact) mass is 418 g/mol. The molecule has 0 saturated carbocycles. The van der Waals surface area contributed by atoms with Crippen LogP contribution in [0.2, 0.25) is 0 Å². The molecule has 0 aliphatic heterocycles. The van der Waals surface area contributed by atoms with Crippen molar-refractivity contribution >= 4 is 46.0 Å². The lowest BCUT2D eigenvalue weighted by Gasteiger charge is -2.11. The quantitative estimate of drug-likeness (QED) is 0.551. The first-order chi connectivity index (χ1) is 13.8. The van der Waals surface area contributed by atoms with Gasteiger partial charge in [-0.05, 0) is 48.2 Å². The predicted molar refractivity (Wildman–Crippen MR) is 110 cm³/mol. The molecule has 0 aliphatic rings. The molecule has 3 rings (SSSR count). The lowest BCUT2D eigenvalue weighted by atomic mass is 10.2. The van der Waals surface area contributed by atoms with Gasteiger partial charge in [0, 0.05) is 17.3 Å². The molecule has 0 bridgehead atoms. The molecule has 6 nitrogen and oxygen atoms in total. The molecule has 1 heterocycles. The van der Waals surface area contributed by atoms with Gasteiger partial charge in [-0.15, -0.1) is 0 Å². The highest BCUT2D eigenvalue weighted by molar-refractivity contribution is 7.99. The molecule has 29 heavy (non-hydrogen) atoms. The van der Waals surface area contributed by atoms with E-state index in [1.54, 1.807) is 62.4 Å². The molecule has 2 aromatic carbocycles. The maximum absolute atomic E-state index is 12.9. The Kier molecular flexibility index (Phi) is 6.48. The number of halogens is 2. The fourth-order valence-electron chi connectivity index (χ4n) is 2.64. The van der Waals surface area contributed by atoms with Crippen LogP contribution in [0, 0.1) is 5.92 Å². The molecular formula is C20H20F2N4O2S. The minimum Gasteiger partial charge on any atom is -0.326 e. The van der Waals surface area contributed by atoms with Crippen LogP contribution in [0.5, 0.6) is 0 Å². The van der Waals surface area contributed by atoms with Gasteiger partial charge in [0.1, 0.15) is 6.54 Å². The lowest BCUT2D eigenvalue weighted by molar-refractivity contribution is -0.119. The van der Waals surface area contributed by atoms with Crippen molar-refractivity contribution in [2.45, 2.75) is 31.3 Å². The van der Waals surface area contributed by atoms with Crippen LogP contribution in [0.4, 0.5) is 20.2 Å². The van der Waals surface area contributed by atoms with Crippen molar-refractivity contribution in [2.24, 2.45) is 5.92 Å². The van der Waals surface area contributed by atoms with Crippen molar-refractivity contribution in [3.8, 4) is 0 Å². The van der Waals surface area contributed by atoms with Crippen LogP contribution in [0.1, 0.15) is 13.8 Å². The van der Waals surface area contributed by atoms with E-state index in [2.05, 4.69) is 15.6 Å². The molecule has 152 valence electrons. The maximum Gasteiger partial charge on any atom is 0.291 e. The van der Waals surface area contributed by atoms with E-state index in [1.807, 2.05) is 0 Å². The van der Waals surface area contributed by atoms with Gasteiger partial charge in [0.15, 0.2) is 5.16 Å². The largest absolute Gasteiger partial charge is 0.326 e. The van der Waals surface area contributed by atoms with Gasteiger partial charge in [-0.25, -0.2) is 4.98 Å². The smallest absolute Gasteiger partial charge is 0.291 e. The summed E-state index contributed by atoms with van der Waals surface area (Å²) in [6, 6.07) is 13.7. The highest BCUT2D eigenvalue weighted by atomic mass is 32.2. The SMILES string of the molecule is CC(C)C(=O)Nc1ccc(NC(=O)Cn2c(SC(F)F)nc3ccccc32)cc1. The summed E-state index contributed by atoms with van der Waals surface area (Å²) in [5.74, 6) is -3.25. The zero-order valence-electron chi connectivity index (χ0n) is 15.9. The Morgan fingerprint density at radius 2 is 1.66 bits per heavy atom. The molecule has 2 amide bonds. The number of carbonyl (C=O) groups is 2. The first kappa shape index (κ1) is 20.8. The summed E-state index contributed by atoms with van der Waals surface area (Å²) in [6.07, 6.45) is 0. The summed E-state index contributed by atoms with van der Waals surface area (Å²) in [5, 5.41) is 5.58. The van der Waals surface area contributed by atoms with Gasteiger partial charge in [-0.3, -0.25) is 9.59 Å². The average molecular weight is 418 g/mol. The molecule has 0 spiro atoms. The van der Waals surface area contributed by atoms with E-state index < -0.39 is 5.76 Å². The van der Waals surface area contributed by atoms with Crippen LogP contribution in [-0.4, -0.2) is 27.1 Å². The number of hydrogen-bond acceptors (Lipinski definition) is 4. The number of alkyl halides is 2. The number of rotatable bonds is 7. The van der Waals surface area contributed by atoms with Crippen LogP contribution < -0.4 is 10.6 Å². The number of nitrogens with one attached hydrogen (secondary N) is 2. The Hall–Kier alpha value is -2.94. The van der Waals surface area contributed by atoms with Gasteiger partial charge in [0.25, 0.3) is 5.76 Å². The third kappa shape index (κ3) is 5.32. The number of amides is 2. The topological polar surface area (TPSA) is 76.0 Å². The molecule has 9 heteroatoms. The Labute approximate surface area is 170 Å². The van der Waals surface area contributed by atoms with Gasteiger partial charge < -0.3 is 15.2 Å². The van der Waals surface area contributed by atoms with Crippen molar-refractivity contribution in [1.29, 1.82) is 0 Å². The molecule has 0 unspecified atom stereocenters. The minimum absolute atomic E-state index is 0.0862. The number of nitrogens with zero attached hydrogens (tertiary/aromatic N) is 2. The number of aromatic nitrogens is 2. The van der Waals surface area contributed by atoms with Gasteiger partial charge in [0.05, 0.1) is 11.0 Å². The van der Waals surface area contributed by atoms with E-state index in [9.17, 15) is 18.4 Å². The molecule has 3 aromatic rings. The maximum atomic E-state index is 12.9. The third-order valence-corrected chi connectivity index (χ3v) is 4.78. The Balaban J connectivity index is 1.71. The van der Waals surface area contributed by atoms with E-state index >= 15 is 0 Å². The average Bonchev–Trinajstić information content (AvgIpc) is 2.99. The van der Waals surface area contributed by atoms with Crippen LogP contribution in [0.15, 0.2) is 53.7 Å². The highest BCUT2D eigenvalue weighted by Crippen LogP contribution is 2.28. The zero-order chi connectivity index (χ0) is 21.0. The number of hydrogen-bond donors (Lipinski definition) is 2. The minimum atomic E-state index is -2.64. The van der Waals surface area contributed by atoms with E-state index in [4.69, 9.17) is 0 Å². The van der Waals surface area contributed by atoms with Crippen molar-refractivity contribution in [2.75, 3.05) is 10.6 Å². The summed E-state index contributed by atoms with van der Waals surface area (Å²) in [6.45, 7) is 3.44. The number of para-hydroxylation sites is 2. The van der Waals surface area contributed by atoms with E-state index in [1.165, 1.54) is 4.57 Å². The van der Waals surface area contributed by atoms with Gasteiger partial charge in [0.2, 0.25) is 11.8 Å². The van der Waals surface area contributed by atoms with Gasteiger partial charge in [-0.2, -0.15) is 8.78 Å². The highest BCUT2D eigenvalue weighted by Gasteiger charge is 2.18. The van der Waals surface area contributed by atoms with Crippen LogP contribution in [0.3, 0.4) is 0 Å². The Morgan fingerprint density at radius 3 is 2.28 bits per heavy atom. The summed E-state index contributed by atoms with van der Waals surface area (Å²) in [4.78, 5) is 28.4. The number of imidazole rings is 1. The number of benzene rings is 2. The van der Waals surface area contributed by atoms with Gasteiger partial charge >= 0.3 is 0 Å². The molecule has 0 atom stereocenters. The van der Waals surface area contributed by atoms with Crippen molar-refractivity contribution in [3.63, 3.8) is 0 Å². The van der Waals surface area contributed by atoms with Crippen molar-refractivity contribution in [1.82, 2.24) is 9.55 Å². The molecular weight excluding hydrogens is 398 g/mol. The normalized spacial score (nSPS) is 11.2. The van der Waals surface area contributed by atoms with E-state index in [-0.39, 0.29) is 29.4 Å². The number of thioether (sulfide) groups is 1. The zero-order valence-corrected chi connectivity index (χ0v) is 16.7. The second-order valence-electron chi connectivity index (χ2n) is 6.62. The van der Waals surface area contributed by atoms with E-state index in [0.717, 1.165) is 0 Å². The van der Waals surface area contributed by atoms with Crippen molar-refractivity contribution < 1.29 is 18.4 Å². The predicted octanol–water partition coefficient (Wildman–Crippen LogP) is 4.58. The van der Waals surface area contributed by atoms with E-state index in [0.29, 0.717) is 34.2 Å². The summed E-state index contributed by atoms with van der Waals surface area (Å²) >= 11 is 0.307. The van der Waals surface area contributed by atoms with Crippen LogP contribution in [-0.2, 0) is 16.1 Å². The second-order valence-corrected chi connectivity index (χ2v) is 7.57. The summed E-state index contributed by atoms with van der Waals surface area (Å²) in [5.41, 5.74) is 2.31. The lowest BCUT2D eigenvalue weighted by Crippen LogP contribution is -2.20.